The van der Waals surface area contributed by atoms with Crippen LogP contribution < -0.4 is 15.4 Å². The molecule has 2 aromatic carbocycles. The van der Waals surface area contributed by atoms with E-state index in [1.165, 1.54) is 6.92 Å². The molecule has 1 aliphatic rings. The van der Waals surface area contributed by atoms with Gasteiger partial charge in [0.05, 0.1) is 12.1 Å². The van der Waals surface area contributed by atoms with E-state index in [1.54, 1.807) is 6.07 Å². The molecule has 0 saturated heterocycles. The van der Waals surface area contributed by atoms with Crippen LogP contribution in [0.25, 0.3) is 0 Å². The topological polar surface area (TPSA) is 70.6 Å². The maximum atomic E-state index is 11.7. The van der Waals surface area contributed by atoms with Crippen molar-refractivity contribution in [3.8, 4) is 5.75 Å². The molecular formula is C23H28BrClN2O3. The second kappa shape index (κ2) is 9.69. The Morgan fingerprint density at radius 2 is 2.10 bits per heavy atom. The van der Waals surface area contributed by atoms with Gasteiger partial charge in [0.2, 0.25) is 5.91 Å². The van der Waals surface area contributed by atoms with Crippen LogP contribution in [0.2, 0.25) is 5.02 Å². The Hall–Kier alpha value is -1.60. The third kappa shape index (κ3) is 6.20. The largest absolute Gasteiger partial charge is 0.487 e. The predicted molar refractivity (Wildman–Crippen MR) is 123 cm³/mol. The summed E-state index contributed by atoms with van der Waals surface area (Å²) in [6.07, 6.45) is 0.488. The van der Waals surface area contributed by atoms with Gasteiger partial charge in [-0.2, -0.15) is 0 Å². The van der Waals surface area contributed by atoms with Crippen LogP contribution in [0.1, 0.15) is 44.4 Å². The van der Waals surface area contributed by atoms with E-state index in [9.17, 15) is 9.90 Å². The Balaban J connectivity index is 1.72. The van der Waals surface area contributed by atoms with Gasteiger partial charge >= 0.3 is 0 Å². The third-order valence-electron chi connectivity index (χ3n) is 5.20. The van der Waals surface area contributed by atoms with Crippen molar-refractivity contribution in [3.05, 3.63) is 63.1 Å². The van der Waals surface area contributed by atoms with Crippen LogP contribution in [0.15, 0.2) is 46.9 Å². The summed E-state index contributed by atoms with van der Waals surface area (Å²) >= 11 is 9.61. The number of hydrogen-bond donors (Lipinski definition) is 3. The monoisotopic (exact) mass is 494 g/mol. The fraction of sp³-hybridized carbons (Fsp3) is 0.435. The molecule has 0 bridgehead atoms. The average molecular weight is 496 g/mol. The van der Waals surface area contributed by atoms with Gasteiger partial charge in [0, 0.05) is 41.0 Å². The van der Waals surface area contributed by atoms with Crippen LogP contribution in [0.5, 0.6) is 5.75 Å². The molecule has 1 amide bonds. The summed E-state index contributed by atoms with van der Waals surface area (Å²) < 4.78 is 7.09. The first kappa shape index (κ1) is 23.1. The molecule has 1 heterocycles. The number of aliphatic hydroxyl groups excluding tert-OH is 1. The molecule has 1 aliphatic heterocycles. The standard InChI is InChI=1S/C23H28BrClN2O3/c1-14(28)27-19(10-15-5-4-6-17(25)9-15)21(29)13-26-20-12-23(2,3)30-22-8-7-16(24)11-18(20)22/h4-9,11,19-21,26,29H,10,12-13H2,1-3H3,(H,27,28)/t19-,20-,21+/m0/s1. The lowest BCUT2D eigenvalue weighted by atomic mass is 9.89. The van der Waals surface area contributed by atoms with Crippen molar-refractivity contribution in [2.75, 3.05) is 6.54 Å². The normalized spacial score (nSPS) is 19.3. The molecule has 5 nitrogen and oxygen atoms in total. The van der Waals surface area contributed by atoms with Crippen LogP contribution in [-0.2, 0) is 11.2 Å². The third-order valence-corrected chi connectivity index (χ3v) is 5.93. The molecule has 0 aliphatic carbocycles. The van der Waals surface area contributed by atoms with Crippen LogP contribution in [0.3, 0.4) is 0 Å². The number of benzene rings is 2. The van der Waals surface area contributed by atoms with Crippen LogP contribution >= 0.6 is 27.5 Å². The highest BCUT2D eigenvalue weighted by Crippen LogP contribution is 2.40. The summed E-state index contributed by atoms with van der Waals surface area (Å²) in [6, 6.07) is 13.0. The first-order valence-corrected chi connectivity index (χ1v) is 11.2. The van der Waals surface area contributed by atoms with E-state index in [0.717, 1.165) is 27.8 Å². The van der Waals surface area contributed by atoms with E-state index in [0.29, 0.717) is 18.0 Å². The summed E-state index contributed by atoms with van der Waals surface area (Å²) in [7, 11) is 0. The maximum Gasteiger partial charge on any atom is 0.217 e. The predicted octanol–water partition coefficient (Wildman–Crippen LogP) is 4.40. The number of fused-ring (bicyclic) bond motifs is 1. The smallest absolute Gasteiger partial charge is 0.217 e. The molecule has 162 valence electrons. The van der Waals surface area contributed by atoms with Gasteiger partial charge in [-0.15, -0.1) is 0 Å². The minimum atomic E-state index is -0.769. The van der Waals surface area contributed by atoms with Gasteiger partial charge < -0.3 is 20.5 Å². The lowest BCUT2D eigenvalue weighted by Gasteiger charge is -2.38. The van der Waals surface area contributed by atoms with E-state index in [2.05, 4.69) is 40.4 Å². The van der Waals surface area contributed by atoms with Gasteiger partial charge in [-0.05, 0) is 56.2 Å². The Kier molecular flexibility index (Phi) is 7.45. The highest BCUT2D eigenvalue weighted by atomic mass is 79.9. The number of carbonyl (C=O) groups excluding carboxylic acids is 1. The molecule has 3 rings (SSSR count). The molecule has 3 N–H and O–H groups in total. The van der Waals surface area contributed by atoms with E-state index in [-0.39, 0.29) is 17.6 Å². The summed E-state index contributed by atoms with van der Waals surface area (Å²) in [6.45, 7) is 5.91. The molecule has 0 fully saturated rings. The van der Waals surface area contributed by atoms with Gasteiger partial charge in [0.15, 0.2) is 0 Å². The number of nitrogens with one attached hydrogen (secondary N) is 2. The fourth-order valence-corrected chi connectivity index (χ4v) is 4.47. The van der Waals surface area contributed by atoms with Crippen LogP contribution in [0.4, 0.5) is 0 Å². The van der Waals surface area contributed by atoms with Crippen molar-refractivity contribution in [2.24, 2.45) is 0 Å². The van der Waals surface area contributed by atoms with Gasteiger partial charge in [-0.25, -0.2) is 0 Å². The number of aliphatic hydroxyl groups is 1. The van der Waals surface area contributed by atoms with Crippen molar-refractivity contribution in [2.45, 2.75) is 57.4 Å². The molecule has 3 atom stereocenters. The molecule has 0 spiro atoms. The quantitative estimate of drug-likeness (QED) is 0.532. The van der Waals surface area contributed by atoms with Crippen molar-refractivity contribution in [1.82, 2.24) is 10.6 Å². The number of rotatable bonds is 7. The SMILES string of the molecule is CC(=O)N[C@@H](Cc1cccc(Cl)c1)[C@H](O)CN[C@H]1CC(C)(C)Oc2ccc(Br)cc21. The van der Waals surface area contributed by atoms with Crippen molar-refractivity contribution in [1.29, 1.82) is 0 Å². The summed E-state index contributed by atoms with van der Waals surface area (Å²) in [5.41, 5.74) is 1.70. The second-order valence-electron chi connectivity index (χ2n) is 8.42. The van der Waals surface area contributed by atoms with E-state index < -0.39 is 12.1 Å². The minimum absolute atomic E-state index is 0.0278. The molecule has 7 heteroatoms. The summed E-state index contributed by atoms with van der Waals surface area (Å²) in [5.74, 6) is 0.668. The number of hydrogen-bond acceptors (Lipinski definition) is 4. The highest BCUT2D eigenvalue weighted by Gasteiger charge is 2.34. The zero-order valence-corrected chi connectivity index (χ0v) is 19.8. The average Bonchev–Trinajstić information content (AvgIpc) is 2.65. The van der Waals surface area contributed by atoms with Gasteiger partial charge in [0.25, 0.3) is 0 Å². The molecule has 30 heavy (non-hydrogen) atoms. The minimum Gasteiger partial charge on any atom is -0.487 e. The molecule has 0 radical (unpaired) electrons. The number of amides is 1. The second-order valence-corrected chi connectivity index (χ2v) is 9.77. The molecule has 0 unspecified atom stereocenters. The number of halogens is 2. The van der Waals surface area contributed by atoms with E-state index in [4.69, 9.17) is 16.3 Å². The zero-order chi connectivity index (χ0) is 21.9. The highest BCUT2D eigenvalue weighted by molar-refractivity contribution is 9.10. The molecule has 2 aromatic rings. The maximum absolute atomic E-state index is 11.7. The molecule has 0 aromatic heterocycles. The fourth-order valence-electron chi connectivity index (χ4n) is 3.88. The Bertz CT molecular complexity index is 906. The molecule has 0 saturated carbocycles. The van der Waals surface area contributed by atoms with Crippen molar-refractivity contribution >= 4 is 33.4 Å². The van der Waals surface area contributed by atoms with E-state index >= 15 is 0 Å². The van der Waals surface area contributed by atoms with Crippen LogP contribution in [-0.4, -0.2) is 35.3 Å². The lowest BCUT2D eigenvalue weighted by molar-refractivity contribution is -0.120. The van der Waals surface area contributed by atoms with Gasteiger partial charge in [0.1, 0.15) is 11.4 Å². The Labute approximate surface area is 191 Å². The number of ether oxygens (including phenoxy) is 1. The van der Waals surface area contributed by atoms with Gasteiger partial charge in [-0.1, -0.05) is 39.7 Å². The number of carbonyl (C=O) groups is 1. The van der Waals surface area contributed by atoms with Gasteiger partial charge in [-0.3, -0.25) is 4.79 Å². The summed E-state index contributed by atoms with van der Waals surface area (Å²) in [4.78, 5) is 11.7. The lowest BCUT2D eigenvalue weighted by Crippen LogP contribution is -2.49. The zero-order valence-electron chi connectivity index (χ0n) is 17.4. The Morgan fingerprint density at radius 1 is 1.33 bits per heavy atom. The first-order chi connectivity index (χ1) is 14.1. The summed E-state index contributed by atoms with van der Waals surface area (Å²) in [5, 5.41) is 17.9. The first-order valence-electron chi connectivity index (χ1n) is 10.0. The molecular weight excluding hydrogens is 468 g/mol. The van der Waals surface area contributed by atoms with Crippen LogP contribution in [0, 0.1) is 0 Å². The Morgan fingerprint density at radius 3 is 2.80 bits per heavy atom. The van der Waals surface area contributed by atoms with E-state index in [1.807, 2.05) is 36.4 Å². The van der Waals surface area contributed by atoms with Crippen molar-refractivity contribution < 1.29 is 14.6 Å². The van der Waals surface area contributed by atoms with Crippen molar-refractivity contribution in [3.63, 3.8) is 0 Å².